The quantitative estimate of drug-likeness (QED) is 0.750. The van der Waals surface area contributed by atoms with Gasteiger partial charge in [0.05, 0.1) is 12.5 Å². The number of nitrogens with two attached hydrogens (primary N) is 1. The first kappa shape index (κ1) is 17.1. The number of hydrogen-bond donors (Lipinski definition) is 2. The first-order valence-electron chi connectivity index (χ1n) is 6.80. The van der Waals surface area contributed by atoms with Crippen LogP contribution < -0.4 is 10.6 Å². The smallest absolute Gasteiger partial charge is 0.305 e. The lowest BCUT2D eigenvalue weighted by atomic mass is 10.1. The van der Waals surface area contributed by atoms with E-state index in [9.17, 15) is 9.59 Å². The highest BCUT2D eigenvalue weighted by atomic mass is 16.5. The van der Waals surface area contributed by atoms with Crippen molar-refractivity contribution in [1.29, 1.82) is 0 Å². The molecule has 6 nitrogen and oxygen atoms in total. The molecule has 1 aromatic carbocycles. The predicted octanol–water partition coefficient (Wildman–Crippen LogP) is 1.17. The van der Waals surface area contributed by atoms with Crippen LogP contribution in [0.3, 0.4) is 0 Å². The van der Waals surface area contributed by atoms with Crippen LogP contribution in [0.1, 0.15) is 18.4 Å². The first-order valence-corrected chi connectivity index (χ1v) is 6.80. The molecule has 116 valence electrons. The van der Waals surface area contributed by atoms with E-state index >= 15 is 0 Å². The SMILES string of the molecule is COCCC(N)C(=O)N(CCC(=O)O)c1ccc(C)cc1. The van der Waals surface area contributed by atoms with Crippen LogP contribution in [-0.2, 0) is 14.3 Å². The van der Waals surface area contributed by atoms with Crippen LogP contribution in [0.5, 0.6) is 0 Å². The minimum Gasteiger partial charge on any atom is -0.481 e. The van der Waals surface area contributed by atoms with Crippen molar-refractivity contribution in [2.45, 2.75) is 25.8 Å². The van der Waals surface area contributed by atoms with E-state index in [1.807, 2.05) is 19.1 Å². The molecule has 0 aliphatic rings. The number of anilines is 1. The summed E-state index contributed by atoms with van der Waals surface area (Å²) in [6.07, 6.45) is 0.265. The van der Waals surface area contributed by atoms with Gasteiger partial charge in [-0.1, -0.05) is 17.7 Å². The van der Waals surface area contributed by atoms with Gasteiger partial charge in [0.25, 0.3) is 0 Å². The van der Waals surface area contributed by atoms with Gasteiger partial charge in [-0.2, -0.15) is 0 Å². The van der Waals surface area contributed by atoms with Crippen LogP contribution in [0, 0.1) is 6.92 Å². The number of rotatable bonds is 8. The van der Waals surface area contributed by atoms with Crippen LogP contribution in [0.2, 0.25) is 0 Å². The Labute approximate surface area is 124 Å². The van der Waals surface area contributed by atoms with Crippen molar-refractivity contribution in [1.82, 2.24) is 0 Å². The minimum absolute atomic E-state index is 0.0951. The molecule has 21 heavy (non-hydrogen) atoms. The molecule has 0 aliphatic carbocycles. The maximum atomic E-state index is 12.4. The molecule has 1 unspecified atom stereocenters. The molecule has 3 N–H and O–H groups in total. The number of hydrogen-bond acceptors (Lipinski definition) is 4. The molecular weight excluding hydrogens is 272 g/mol. The number of carbonyl (C=O) groups excluding carboxylic acids is 1. The highest BCUT2D eigenvalue weighted by Gasteiger charge is 2.22. The highest BCUT2D eigenvalue weighted by molar-refractivity contribution is 5.97. The lowest BCUT2D eigenvalue weighted by molar-refractivity contribution is -0.136. The largest absolute Gasteiger partial charge is 0.481 e. The average molecular weight is 294 g/mol. The molecule has 0 radical (unpaired) electrons. The van der Waals surface area contributed by atoms with Crippen molar-refractivity contribution in [2.24, 2.45) is 5.73 Å². The molecule has 0 saturated heterocycles. The second kappa shape index (κ2) is 8.39. The Morgan fingerprint density at radius 3 is 2.48 bits per heavy atom. The van der Waals surface area contributed by atoms with Crippen molar-refractivity contribution in [2.75, 3.05) is 25.2 Å². The number of methoxy groups -OCH3 is 1. The number of benzene rings is 1. The molecule has 6 heteroatoms. The normalized spacial score (nSPS) is 12.0. The van der Waals surface area contributed by atoms with E-state index in [0.717, 1.165) is 5.56 Å². The summed E-state index contributed by atoms with van der Waals surface area (Å²) < 4.78 is 4.92. The number of carbonyl (C=O) groups is 2. The maximum Gasteiger partial charge on any atom is 0.305 e. The molecule has 0 bridgehead atoms. The zero-order valence-electron chi connectivity index (χ0n) is 12.4. The van der Waals surface area contributed by atoms with Gasteiger partial charge < -0.3 is 20.5 Å². The third kappa shape index (κ3) is 5.53. The van der Waals surface area contributed by atoms with Crippen LogP contribution in [0.15, 0.2) is 24.3 Å². The number of aliphatic carboxylic acids is 1. The van der Waals surface area contributed by atoms with Crippen LogP contribution >= 0.6 is 0 Å². The summed E-state index contributed by atoms with van der Waals surface area (Å²) in [6, 6.07) is 6.62. The summed E-state index contributed by atoms with van der Waals surface area (Å²) in [5.41, 5.74) is 7.57. The zero-order chi connectivity index (χ0) is 15.8. The summed E-state index contributed by atoms with van der Waals surface area (Å²) in [6.45, 7) is 2.42. The number of ether oxygens (including phenoxy) is 1. The molecule has 0 spiro atoms. The summed E-state index contributed by atoms with van der Waals surface area (Å²) in [5, 5.41) is 8.83. The average Bonchev–Trinajstić information content (AvgIpc) is 2.46. The van der Waals surface area contributed by atoms with Crippen LogP contribution in [0.25, 0.3) is 0 Å². The number of aryl methyl sites for hydroxylation is 1. The molecule has 0 fully saturated rings. The van der Waals surface area contributed by atoms with Crippen molar-refractivity contribution in [3.8, 4) is 0 Å². The lowest BCUT2D eigenvalue weighted by Gasteiger charge is -2.25. The van der Waals surface area contributed by atoms with Crippen LogP contribution in [-0.4, -0.2) is 43.3 Å². The molecule has 1 rings (SSSR count). The Hall–Kier alpha value is -1.92. The van der Waals surface area contributed by atoms with Gasteiger partial charge in [-0.05, 0) is 25.5 Å². The molecule has 0 saturated carbocycles. The van der Waals surface area contributed by atoms with Crippen molar-refractivity contribution in [3.63, 3.8) is 0 Å². The zero-order valence-corrected chi connectivity index (χ0v) is 12.4. The fourth-order valence-electron chi connectivity index (χ4n) is 1.87. The Morgan fingerprint density at radius 2 is 1.95 bits per heavy atom. The van der Waals surface area contributed by atoms with E-state index in [0.29, 0.717) is 18.7 Å². The molecule has 0 aromatic heterocycles. The van der Waals surface area contributed by atoms with E-state index in [4.69, 9.17) is 15.6 Å². The van der Waals surface area contributed by atoms with E-state index in [-0.39, 0.29) is 18.9 Å². The maximum absolute atomic E-state index is 12.4. The van der Waals surface area contributed by atoms with Crippen molar-refractivity contribution in [3.05, 3.63) is 29.8 Å². The molecule has 1 amide bonds. The third-order valence-corrected chi connectivity index (χ3v) is 3.11. The Morgan fingerprint density at radius 1 is 1.33 bits per heavy atom. The predicted molar refractivity (Wildman–Crippen MR) is 80.3 cm³/mol. The van der Waals surface area contributed by atoms with Crippen molar-refractivity contribution < 1.29 is 19.4 Å². The van der Waals surface area contributed by atoms with E-state index in [1.54, 1.807) is 19.2 Å². The Bertz CT molecular complexity index is 473. The second-order valence-corrected chi connectivity index (χ2v) is 4.86. The minimum atomic E-state index is -0.953. The van der Waals surface area contributed by atoms with E-state index in [2.05, 4.69) is 0 Å². The summed E-state index contributed by atoms with van der Waals surface area (Å²) in [7, 11) is 1.54. The van der Waals surface area contributed by atoms with Gasteiger partial charge in [-0.3, -0.25) is 9.59 Å². The van der Waals surface area contributed by atoms with E-state index < -0.39 is 12.0 Å². The van der Waals surface area contributed by atoms with Gasteiger partial charge in [0.15, 0.2) is 0 Å². The second-order valence-electron chi connectivity index (χ2n) is 4.86. The summed E-state index contributed by atoms with van der Waals surface area (Å²) in [5.74, 6) is -1.25. The summed E-state index contributed by atoms with van der Waals surface area (Å²) >= 11 is 0. The standard InChI is InChI=1S/C15H22N2O4/c1-11-3-5-12(6-4-11)17(9-7-14(18)19)15(20)13(16)8-10-21-2/h3-6,13H,7-10,16H2,1-2H3,(H,18,19). The molecule has 0 aliphatic heterocycles. The van der Waals surface area contributed by atoms with Crippen molar-refractivity contribution >= 4 is 17.6 Å². The lowest BCUT2D eigenvalue weighted by Crippen LogP contribution is -2.45. The fourth-order valence-corrected chi connectivity index (χ4v) is 1.87. The molecule has 1 aromatic rings. The van der Waals surface area contributed by atoms with Gasteiger partial charge in [0.2, 0.25) is 5.91 Å². The van der Waals surface area contributed by atoms with Gasteiger partial charge in [-0.15, -0.1) is 0 Å². The van der Waals surface area contributed by atoms with Gasteiger partial charge >= 0.3 is 5.97 Å². The topological polar surface area (TPSA) is 92.9 Å². The molecule has 1 atom stereocenters. The number of carboxylic acids is 1. The summed E-state index contributed by atoms with van der Waals surface area (Å²) in [4.78, 5) is 24.6. The molecular formula is C15H22N2O4. The number of nitrogens with zero attached hydrogens (tertiary/aromatic N) is 1. The fraction of sp³-hybridized carbons (Fsp3) is 0.467. The van der Waals surface area contributed by atoms with E-state index in [1.165, 1.54) is 4.90 Å². The van der Waals surface area contributed by atoms with Gasteiger partial charge in [0, 0.05) is 25.9 Å². The van der Waals surface area contributed by atoms with Gasteiger partial charge in [0.1, 0.15) is 0 Å². The number of amides is 1. The highest BCUT2D eigenvalue weighted by Crippen LogP contribution is 2.17. The third-order valence-electron chi connectivity index (χ3n) is 3.11. The Balaban J connectivity index is 2.87. The number of carboxylic acid groups (broad SMARTS) is 1. The Kier molecular flexibility index (Phi) is 6.84. The molecule has 0 heterocycles. The van der Waals surface area contributed by atoms with Crippen LogP contribution in [0.4, 0.5) is 5.69 Å². The monoisotopic (exact) mass is 294 g/mol. The van der Waals surface area contributed by atoms with Gasteiger partial charge in [-0.25, -0.2) is 0 Å². The first-order chi connectivity index (χ1) is 9.95.